The van der Waals surface area contributed by atoms with Gasteiger partial charge in [0.2, 0.25) is 0 Å². The quantitative estimate of drug-likeness (QED) is 0.893. The first-order valence-electron chi connectivity index (χ1n) is 7.10. The molecule has 1 N–H and O–H groups in total. The van der Waals surface area contributed by atoms with E-state index in [1.807, 2.05) is 0 Å². The first-order chi connectivity index (χ1) is 8.95. The van der Waals surface area contributed by atoms with Crippen molar-refractivity contribution in [2.75, 3.05) is 0 Å². The van der Waals surface area contributed by atoms with E-state index in [1.54, 1.807) is 19.1 Å². The molecule has 2 unspecified atom stereocenters. The highest BCUT2D eigenvalue weighted by molar-refractivity contribution is 5.30. The van der Waals surface area contributed by atoms with E-state index in [0.717, 1.165) is 12.8 Å². The van der Waals surface area contributed by atoms with Crippen LogP contribution in [-0.2, 0) is 0 Å². The summed E-state index contributed by atoms with van der Waals surface area (Å²) >= 11 is 0. The van der Waals surface area contributed by atoms with E-state index in [1.165, 1.54) is 12.5 Å². The van der Waals surface area contributed by atoms with Gasteiger partial charge < -0.3 is 9.84 Å². The normalized spacial score (nSPS) is 29.0. The van der Waals surface area contributed by atoms with Crippen LogP contribution in [0.25, 0.3) is 0 Å². The molecule has 106 valence electrons. The van der Waals surface area contributed by atoms with Crippen LogP contribution in [0.5, 0.6) is 5.75 Å². The van der Waals surface area contributed by atoms with Gasteiger partial charge in [0, 0.05) is 0 Å². The van der Waals surface area contributed by atoms with E-state index in [-0.39, 0.29) is 11.9 Å². The maximum absolute atomic E-state index is 13.9. The lowest BCUT2D eigenvalue weighted by Gasteiger charge is -2.31. The number of ether oxygens (including phenoxy) is 1. The molecule has 0 saturated heterocycles. The highest BCUT2D eigenvalue weighted by Crippen LogP contribution is 2.32. The van der Waals surface area contributed by atoms with Crippen molar-refractivity contribution in [3.05, 3.63) is 29.6 Å². The van der Waals surface area contributed by atoms with E-state index in [0.29, 0.717) is 23.1 Å². The zero-order chi connectivity index (χ0) is 14.0. The minimum absolute atomic E-state index is 0.102. The third kappa shape index (κ3) is 3.69. The van der Waals surface area contributed by atoms with Crippen LogP contribution in [0.4, 0.5) is 4.39 Å². The van der Waals surface area contributed by atoms with Gasteiger partial charge in [0.1, 0.15) is 0 Å². The maximum Gasteiger partial charge on any atom is 0.165 e. The van der Waals surface area contributed by atoms with Crippen LogP contribution in [0, 0.1) is 17.7 Å². The second-order valence-corrected chi connectivity index (χ2v) is 6.02. The largest absolute Gasteiger partial charge is 0.487 e. The SMILES string of the molecule is CC1CC(C)CC(Oc2ccc([C@@H](C)O)cc2F)C1. The summed E-state index contributed by atoms with van der Waals surface area (Å²) in [6.07, 6.45) is 2.65. The Morgan fingerprint density at radius 2 is 1.84 bits per heavy atom. The molecule has 0 heterocycles. The summed E-state index contributed by atoms with van der Waals surface area (Å²) in [4.78, 5) is 0. The Morgan fingerprint density at radius 1 is 1.21 bits per heavy atom. The number of hydrogen-bond acceptors (Lipinski definition) is 2. The zero-order valence-corrected chi connectivity index (χ0v) is 11.9. The molecule has 0 spiro atoms. The van der Waals surface area contributed by atoms with Crippen molar-refractivity contribution in [3.63, 3.8) is 0 Å². The Morgan fingerprint density at radius 3 is 2.37 bits per heavy atom. The summed E-state index contributed by atoms with van der Waals surface area (Å²) in [5.41, 5.74) is 0.579. The zero-order valence-electron chi connectivity index (χ0n) is 11.9. The van der Waals surface area contributed by atoms with Gasteiger partial charge in [-0.05, 0) is 55.7 Å². The van der Waals surface area contributed by atoms with Crippen LogP contribution in [0.2, 0.25) is 0 Å². The standard InChI is InChI=1S/C16H23FO2/c1-10-6-11(2)8-14(7-10)19-16-5-4-13(12(3)18)9-15(16)17/h4-5,9-12,14,18H,6-8H2,1-3H3/t10?,11?,12-,14?/m1/s1. The number of halogens is 1. The molecule has 0 radical (unpaired) electrons. The Bertz CT molecular complexity index is 421. The van der Waals surface area contributed by atoms with Gasteiger partial charge >= 0.3 is 0 Å². The van der Waals surface area contributed by atoms with E-state index < -0.39 is 6.10 Å². The molecule has 1 aromatic rings. The van der Waals surface area contributed by atoms with Gasteiger partial charge in [-0.3, -0.25) is 0 Å². The highest BCUT2D eigenvalue weighted by Gasteiger charge is 2.26. The third-order valence-electron chi connectivity index (χ3n) is 3.87. The number of aliphatic hydroxyl groups is 1. The van der Waals surface area contributed by atoms with Gasteiger partial charge in [-0.1, -0.05) is 19.9 Å². The monoisotopic (exact) mass is 266 g/mol. The molecule has 2 nitrogen and oxygen atoms in total. The van der Waals surface area contributed by atoms with E-state index in [4.69, 9.17) is 4.74 Å². The van der Waals surface area contributed by atoms with E-state index >= 15 is 0 Å². The number of aliphatic hydroxyl groups excluding tert-OH is 1. The van der Waals surface area contributed by atoms with E-state index in [2.05, 4.69) is 13.8 Å². The van der Waals surface area contributed by atoms with Gasteiger partial charge in [-0.25, -0.2) is 4.39 Å². The van der Waals surface area contributed by atoms with Crippen molar-refractivity contribution in [1.82, 2.24) is 0 Å². The van der Waals surface area contributed by atoms with Crippen LogP contribution in [0.3, 0.4) is 0 Å². The minimum Gasteiger partial charge on any atom is -0.487 e. The van der Waals surface area contributed by atoms with Gasteiger partial charge in [-0.2, -0.15) is 0 Å². The molecule has 1 fully saturated rings. The fourth-order valence-electron chi connectivity index (χ4n) is 3.02. The van der Waals surface area contributed by atoms with Crippen molar-refractivity contribution in [2.45, 2.75) is 52.2 Å². The molecule has 1 aliphatic rings. The molecule has 0 amide bonds. The molecule has 2 rings (SSSR count). The topological polar surface area (TPSA) is 29.5 Å². The van der Waals surface area contributed by atoms with Crippen LogP contribution in [0.1, 0.15) is 51.7 Å². The highest BCUT2D eigenvalue weighted by atomic mass is 19.1. The Hall–Kier alpha value is -1.09. The molecule has 0 bridgehead atoms. The summed E-state index contributed by atoms with van der Waals surface area (Å²) in [7, 11) is 0. The molecule has 1 aliphatic carbocycles. The maximum atomic E-state index is 13.9. The summed E-state index contributed by atoms with van der Waals surface area (Å²) in [5, 5.41) is 9.42. The van der Waals surface area contributed by atoms with Crippen molar-refractivity contribution in [2.24, 2.45) is 11.8 Å². The van der Waals surface area contributed by atoms with Crippen molar-refractivity contribution in [1.29, 1.82) is 0 Å². The van der Waals surface area contributed by atoms with Crippen LogP contribution in [0.15, 0.2) is 18.2 Å². The molecule has 1 saturated carbocycles. The average Bonchev–Trinajstić information content (AvgIpc) is 2.30. The molecule has 3 heteroatoms. The van der Waals surface area contributed by atoms with Crippen LogP contribution >= 0.6 is 0 Å². The lowest BCUT2D eigenvalue weighted by molar-refractivity contribution is 0.0969. The molecule has 3 atom stereocenters. The van der Waals surface area contributed by atoms with Crippen LogP contribution < -0.4 is 4.74 Å². The lowest BCUT2D eigenvalue weighted by atomic mass is 9.82. The molecule has 19 heavy (non-hydrogen) atoms. The smallest absolute Gasteiger partial charge is 0.165 e. The Kier molecular flexibility index (Phi) is 4.46. The summed E-state index contributed by atoms with van der Waals surface area (Å²) in [5.74, 6) is 1.18. The molecular formula is C16H23FO2. The number of hydrogen-bond donors (Lipinski definition) is 1. The van der Waals surface area contributed by atoms with Crippen molar-refractivity contribution in [3.8, 4) is 5.75 Å². The summed E-state index contributed by atoms with van der Waals surface area (Å²) < 4.78 is 19.7. The molecule has 0 aliphatic heterocycles. The van der Waals surface area contributed by atoms with Crippen LogP contribution in [-0.4, -0.2) is 11.2 Å². The molecule has 1 aromatic carbocycles. The Balaban J connectivity index is 2.06. The van der Waals surface area contributed by atoms with Gasteiger partial charge in [0.05, 0.1) is 12.2 Å². The fraction of sp³-hybridized carbons (Fsp3) is 0.625. The fourth-order valence-corrected chi connectivity index (χ4v) is 3.02. The van der Waals surface area contributed by atoms with Crippen molar-refractivity contribution >= 4 is 0 Å². The first kappa shape index (κ1) is 14.3. The number of benzene rings is 1. The molecular weight excluding hydrogens is 243 g/mol. The second kappa shape index (κ2) is 5.91. The first-order valence-corrected chi connectivity index (χ1v) is 7.10. The summed E-state index contributed by atoms with van der Waals surface area (Å²) in [6, 6.07) is 4.70. The second-order valence-electron chi connectivity index (χ2n) is 6.02. The third-order valence-corrected chi connectivity index (χ3v) is 3.87. The summed E-state index contributed by atoms with van der Waals surface area (Å²) in [6.45, 7) is 6.07. The Labute approximate surface area is 114 Å². The lowest BCUT2D eigenvalue weighted by Crippen LogP contribution is -2.28. The van der Waals surface area contributed by atoms with Crippen molar-refractivity contribution < 1.29 is 14.2 Å². The van der Waals surface area contributed by atoms with E-state index in [9.17, 15) is 9.50 Å². The minimum atomic E-state index is -0.654. The predicted octanol–water partition coefficient (Wildman–Crippen LogP) is 4.08. The molecule has 0 aromatic heterocycles. The number of rotatable bonds is 3. The predicted molar refractivity (Wildman–Crippen MR) is 73.6 cm³/mol. The van der Waals surface area contributed by atoms with Gasteiger partial charge in [0.15, 0.2) is 11.6 Å². The average molecular weight is 266 g/mol. The van der Waals surface area contributed by atoms with Gasteiger partial charge in [0.25, 0.3) is 0 Å². The van der Waals surface area contributed by atoms with Gasteiger partial charge in [-0.15, -0.1) is 0 Å².